The van der Waals surface area contributed by atoms with Gasteiger partial charge in [0.05, 0.1) is 4.90 Å². The number of likely N-dealkylation sites (N-methyl/N-ethyl adjacent to an activating group) is 1. The van der Waals surface area contributed by atoms with Gasteiger partial charge in [0, 0.05) is 12.6 Å². The van der Waals surface area contributed by atoms with Crippen molar-refractivity contribution >= 4 is 10.0 Å². The minimum atomic E-state index is -3.49. The van der Waals surface area contributed by atoms with Gasteiger partial charge in [0.1, 0.15) is 5.75 Å². The topological polar surface area (TPSA) is 69.6 Å². The lowest BCUT2D eigenvalue weighted by molar-refractivity contribution is 0.242. The molecule has 1 unspecified atom stereocenters. The van der Waals surface area contributed by atoms with Crippen LogP contribution in [0.3, 0.4) is 0 Å². The standard InChI is InChI=1S/C12H18N2O3S/c1-14-8-2-3-10(9-14)13-18(16,17)12-6-4-11(15)5-7-12/h4-7,10,13,15H,2-3,8-9H2,1H3. The number of benzene rings is 1. The van der Waals surface area contributed by atoms with Gasteiger partial charge < -0.3 is 10.0 Å². The molecule has 1 aliphatic rings. The molecule has 0 amide bonds. The summed E-state index contributed by atoms with van der Waals surface area (Å²) in [6, 6.07) is 5.53. The first kappa shape index (κ1) is 13.3. The Labute approximate surface area is 107 Å². The van der Waals surface area contributed by atoms with Crippen LogP contribution in [0.2, 0.25) is 0 Å². The zero-order chi connectivity index (χ0) is 13.2. The Balaban J connectivity index is 2.09. The lowest BCUT2D eigenvalue weighted by Crippen LogP contribution is -2.46. The summed E-state index contributed by atoms with van der Waals surface area (Å²) in [5.74, 6) is 0.0614. The van der Waals surface area contributed by atoms with E-state index in [9.17, 15) is 8.42 Å². The van der Waals surface area contributed by atoms with Gasteiger partial charge in [-0.25, -0.2) is 13.1 Å². The Morgan fingerprint density at radius 3 is 2.61 bits per heavy atom. The predicted octanol–water partition coefficient (Wildman–Crippen LogP) is 0.765. The molecule has 1 aromatic rings. The van der Waals surface area contributed by atoms with Crippen molar-refractivity contribution in [2.24, 2.45) is 0 Å². The Kier molecular flexibility index (Phi) is 3.89. The van der Waals surface area contributed by atoms with Gasteiger partial charge >= 0.3 is 0 Å². The van der Waals surface area contributed by atoms with Crippen LogP contribution in [0, 0.1) is 0 Å². The Morgan fingerprint density at radius 2 is 2.00 bits per heavy atom. The van der Waals surface area contributed by atoms with Crippen LogP contribution in [0.1, 0.15) is 12.8 Å². The van der Waals surface area contributed by atoms with Crippen molar-refractivity contribution in [3.8, 4) is 5.75 Å². The highest BCUT2D eigenvalue weighted by Crippen LogP contribution is 2.16. The van der Waals surface area contributed by atoms with Crippen molar-refractivity contribution in [2.75, 3.05) is 20.1 Å². The van der Waals surface area contributed by atoms with E-state index < -0.39 is 10.0 Å². The molecule has 100 valence electrons. The summed E-state index contributed by atoms with van der Waals surface area (Å²) in [5.41, 5.74) is 0. The lowest BCUT2D eigenvalue weighted by Gasteiger charge is -2.29. The molecule has 1 aliphatic heterocycles. The van der Waals surface area contributed by atoms with E-state index in [-0.39, 0.29) is 16.7 Å². The molecular formula is C12H18N2O3S. The molecule has 2 rings (SSSR count). The predicted molar refractivity (Wildman–Crippen MR) is 68.9 cm³/mol. The average molecular weight is 270 g/mol. The van der Waals surface area contributed by atoms with E-state index in [4.69, 9.17) is 5.11 Å². The molecule has 0 bridgehead atoms. The molecule has 1 aromatic carbocycles. The molecule has 2 N–H and O–H groups in total. The molecule has 0 saturated carbocycles. The Morgan fingerprint density at radius 1 is 1.33 bits per heavy atom. The largest absolute Gasteiger partial charge is 0.508 e. The average Bonchev–Trinajstić information content (AvgIpc) is 2.29. The first-order valence-corrected chi connectivity index (χ1v) is 7.45. The monoisotopic (exact) mass is 270 g/mol. The summed E-state index contributed by atoms with van der Waals surface area (Å²) >= 11 is 0. The van der Waals surface area contributed by atoms with Crippen LogP contribution in [0.4, 0.5) is 0 Å². The SMILES string of the molecule is CN1CCCC(NS(=O)(=O)c2ccc(O)cc2)C1. The minimum Gasteiger partial charge on any atom is -0.508 e. The molecular weight excluding hydrogens is 252 g/mol. The van der Waals surface area contributed by atoms with E-state index in [0.29, 0.717) is 0 Å². The van der Waals surface area contributed by atoms with Crippen LogP contribution >= 0.6 is 0 Å². The van der Waals surface area contributed by atoms with Crippen molar-refractivity contribution in [2.45, 2.75) is 23.8 Å². The second kappa shape index (κ2) is 5.26. The smallest absolute Gasteiger partial charge is 0.240 e. The number of sulfonamides is 1. The number of hydrogen-bond donors (Lipinski definition) is 2. The van der Waals surface area contributed by atoms with Crippen LogP contribution in [-0.4, -0.2) is 44.6 Å². The van der Waals surface area contributed by atoms with Gasteiger partial charge in [0.2, 0.25) is 10.0 Å². The maximum atomic E-state index is 12.1. The zero-order valence-corrected chi connectivity index (χ0v) is 11.2. The van der Waals surface area contributed by atoms with Crippen LogP contribution in [0.15, 0.2) is 29.2 Å². The summed E-state index contributed by atoms with van der Waals surface area (Å²) in [5, 5.41) is 9.16. The van der Waals surface area contributed by atoms with E-state index in [1.54, 1.807) is 0 Å². The molecule has 6 heteroatoms. The van der Waals surface area contributed by atoms with Crippen molar-refractivity contribution in [3.63, 3.8) is 0 Å². The molecule has 0 aliphatic carbocycles. The third kappa shape index (κ3) is 3.22. The van der Waals surface area contributed by atoms with Gasteiger partial charge in [-0.1, -0.05) is 0 Å². The zero-order valence-electron chi connectivity index (χ0n) is 10.3. The third-order valence-corrected chi connectivity index (χ3v) is 4.63. The number of likely N-dealkylation sites (tertiary alicyclic amines) is 1. The number of phenolic OH excluding ortho intramolecular Hbond substituents is 1. The number of aromatic hydroxyl groups is 1. The molecule has 18 heavy (non-hydrogen) atoms. The van der Waals surface area contributed by atoms with Crippen LogP contribution < -0.4 is 4.72 Å². The van der Waals surface area contributed by atoms with E-state index >= 15 is 0 Å². The number of nitrogens with zero attached hydrogens (tertiary/aromatic N) is 1. The second-order valence-electron chi connectivity index (χ2n) is 4.72. The number of rotatable bonds is 3. The van der Waals surface area contributed by atoms with E-state index in [2.05, 4.69) is 9.62 Å². The molecule has 1 atom stereocenters. The molecule has 1 fully saturated rings. The van der Waals surface area contributed by atoms with Gasteiger partial charge in [0.15, 0.2) is 0 Å². The normalized spacial score (nSPS) is 21.9. The fourth-order valence-corrected chi connectivity index (χ4v) is 3.44. The maximum absolute atomic E-state index is 12.1. The lowest BCUT2D eigenvalue weighted by atomic mass is 10.1. The molecule has 0 spiro atoms. The number of nitrogens with one attached hydrogen (secondary N) is 1. The summed E-state index contributed by atoms with van der Waals surface area (Å²) in [6.07, 6.45) is 1.86. The fourth-order valence-electron chi connectivity index (χ4n) is 2.18. The summed E-state index contributed by atoms with van der Waals surface area (Å²) in [7, 11) is -1.50. The Bertz CT molecular complexity index is 499. The molecule has 1 saturated heterocycles. The highest BCUT2D eigenvalue weighted by molar-refractivity contribution is 7.89. The summed E-state index contributed by atoms with van der Waals surface area (Å²) < 4.78 is 26.9. The molecule has 0 aromatic heterocycles. The van der Waals surface area contributed by atoms with Crippen molar-refractivity contribution < 1.29 is 13.5 Å². The quantitative estimate of drug-likeness (QED) is 0.851. The van der Waals surface area contributed by atoms with Gasteiger partial charge in [-0.15, -0.1) is 0 Å². The van der Waals surface area contributed by atoms with Gasteiger partial charge in [-0.05, 0) is 50.7 Å². The van der Waals surface area contributed by atoms with E-state index in [1.807, 2.05) is 7.05 Å². The number of hydrogen-bond acceptors (Lipinski definition) is 4. The highest BCUT2D eigenvalue weighted by Gasteiger charge is 2.23. The summed E-state index contributed by atoms with van der Waals surface area (Å²) in [4.78, 5) is 2.31. The van der Waals surface area contributed by atoms with Crippen molar-refractivity contribution in [1.29, 1.82) is 0 Å². The number of phenols is 1. The second-order valence-corrected chi connectivity index (χ2v) is 6.43. The summed E-state index contributed by atoms with van der Waals surface area (Å²) in [6.45, 7) is 1.74. The van der Waals surface area contributed by atoms with E-state index in [1.165, 1.54) is 24.3 Å². The van der Waals surface area contributed by atoms with Crippen LogP contribution in [-0.2, 0) is 10.0 Å². The molecule has 5 nitrogen and oxygen atoms in total. The van der Waals surface area contributed by atoms with Gasteiger partial charge in [-0.3, -0.25) is 0 Å². The molecule has 1 heterocycles. The molecule has 0 radical (unpaired) electrons. The van der Waals surface area contributed by atoms with Gasteiger partial charge in [-0.2, -0.15) is 0 Å². The van der Waals surface area contributed by atoms with Crippen molar-refractivity contribution in [3.05, 3.63) is 24.3 Å². The number of piperidine rings is 1. The fraction of sp³-hybridized carbons (Fsp3) is 0.500. The third-order valence-electron chi connectivity index (χ3n) is 3.09. The maximum Gasteiger partial charge on any atom is 0.240 e. The minimum absolute atomic E-state index is 0.0393. The Hall–Kier alpha value is -1.11. The highest BCUT2D eigenvalue weighted by atomic mass is 32.2. The van der Waals surface area contributed by atoms with Gasteiger partial charge in [0.25, 0.3) is 0 Å². The van der Waals surface area contributed by atoms with Crippen LogP contribution in [0.25, 0.3) is 0 Å². The first-order chi connectivity index (χ1) is 8.47. The first-order valence-electron chi connectivity index (χ1n) is 5.97. The van der Waals surface area contributed by atoms with E-state index in [0.717, 1.165) is 25.9 Å². The van der Waals surface area contributed by atoms with Crippen molar-refractivity contribution in [1.82, 2.24) is 9.62 Å². The van der Waals surface area contributed by atoms with Crippen LogP contribution in [0.5, 0.6) is 5.75 Å².